The van der Waals surface area contributed by atoms with Crippen LogP contribution in [0.1, 0.15) is 49.4 Å². The smallest absolute Gasteiger partial charge is 0.220 e. The van der Waals surface area contributed by atoms with E-state index in [4.69, 9.17) is 0 Å². The van der Waals surface area contributed by atoms with Crippen molar-refractivity contribution in [3.63, 3.8) is 0 Å². The number of fused-ring (bicyclic) bond motifs is 1. The van der Waals surface area contributed by atoms with Crippen LogP contribution in [0.5, 0.6) is 0 Å². The molecule has 1 aromatic rings. The lowest BCUT2D eigenvalue weighted by Gasteiger charge is -2.23. The van der Waals surface area contributed by atoms with Crippen molar-refractivity contribution >= 4 is 18.3 Å². The van der Waals surface area contributed by atoms with Gasteiger partial charge < -0.3 is 10.6 Å². The summed E-state index contributed by atoms with van der Waals surface area (Å²) in [6, 6.07) is 0.139. The van der Waals surface area contributed by atoms with Gasteiger partial charge in [0.1, 0.15) is 0 Å². The molecule has 112 valence electrons. The Bertz CT molecular complexity index is 442. The van der Waals surface area contributed by atoms with Gasteiger partial charge in [0.15, 0.2) is 0 Å². The number of halogens is 1. The van der Waals surface area contributed by atoms with Crippen molar-refractivity contribution in [1.82, 2.24) is 20.8 Å². The number of aryl methyl sites for hydroxylation is 1. The van der Waals surface area contributed by atoms with Crippen molar-refractivity contribution in [2.45, 2.75) is 44.6 Å². The van der Waals surface area contributed by atoms with E-state index in [1.54, 1.807) is 0 Å². The number of aromatic amines is 1. The van der Waals surface area contributed by atoms with Gasteiger partial charge in [-0.15, -0.1) is 12.4 Å². The normalized spacial score (nSPS) is 24.8. The van der Waals surface area contributed by atoms with Crippen LogP contribution in [0.3, 0.4) is 0 Å². The number of nitrogens with zero attached hydrogens (tertiary/aromatic N) is 1. The van der Waals surface area contributed by atoms with Crippen molar-refractivity contribution in [2.75, 3.05) is 13.1 Å². The molecule has 20 heavy (non-hydrogen) atoms. The fourth-order valence-electron chi connectivity index (χ4n) is 3.17. The van der Waals surface area contributed by atoms with Gasteiger partial charge in [-0.1, -0.05) is 0 Å². The highest BCUT2D eigenvalue weighted by Crippen LogP contribution is 2.27. The highest BCUT2D eigenvalue weighted by molar-refractivity contribution is 5.85. The number of hydrogen-bond donors (Lipinski definition) is 3. The van der Waals surface area contributed by atoms with E-state index in [0.29, 0.717) is 12.3 Å². The first-order chi connectivity index (χ1) is 9.33. The van der Waals surface area contributed by atoms with Crippen LogP contribution in [0.2, 0.25) is 0 Å². The first kappa shape index (κ1) is 15.3. The third-order valence-electron chi connectivity index (χ3n) is 4.32. The second kappa shape index (κ2) is 7.09. The van der Waals surface area contributed by atoms with Crippen molar-refractivity contribution in [3.8, 4) is 0 Å². The van der Waals surface area contributed by atoms with Crippen molar-refractivity contribution in [2.24, 2.45) is 5.92 Å². The molecule has 6 heteroatoms. The molecular formula is C14H23ClN4O. The van der Waals surface area contributed by atoms with Gasteiger partial charge in [0.2, 0.25) is 5.91 Å². The minimum atomic E-state index is 0. The number of carbonyl (C=O) groups is 1. The number of nitrogens with one attached hydrogen (secondary N) is 3. The Kier molecular flexibility index (Phi) is 5.43. The molecule has 0 aromatic carbocycles. The van der Waals surface area contributed by atoms with Crippen LogP contribution in [-0.4, -0.2) is 29.2 Å². The second-order valence-electron chi connectivity index (χ2n) is 5.72. The number of H-pyrrole nitrogens is 1. The third-order valence-corrected chi connectivity index (χ3v) is 4.32. The minimum Gasteiger partial charge on any atom is -0.348 e. The summed E-state index contributed by atoms with van der Waals surface area (Å²) in [4.78, 5) is 12.0. The highest BCUT2D eigenvalue weighted by atomic mass is 35.5. The Morgan fingerprint density at radius 1 is 1.45 bits per heavy atom. The number of hydrogen-bond acceptors (Lipinski definition) is 3. The molecular weight excluding hydrogens is 276 g/mol. The molecule has 1 aliphatic carbocycles. The monoisotopic (exact) mass is 298 g/mol. The van der Waals surface area contributed by atoms with Crippen LogP contribution < -0.4 is 10.6 Å². The highest BCUT2D eigenvalue weighted by Gasteiger charge is 2.24. The molecule has 3 rings (SSSR count). The number of aromatic nitrogens is 2. The first-order valence-corrected chi connectivity index (χ1v) is 7.35. The van der Waals surface area contributed by atoms with Gasteiger partial charge in [-0.05, 0) is 56.7 Å². The van der Waals surface area contributed by atoms with E-state index >= 15 is 0 Å². The average molecular weight is 299 g/mol. The van der Waals surface area contributed by atoms with Gasteiger partial charge in [-0.3, -0.25) is 9.89 Å². The molecule has 0 bridgehead atoms. The molecule has 0 saturated carbocycles. The lowest BCUT2D eigenvalue weighted by atomic mass is 9.93. The Balaban J connectivity index is 0.00000147. The fraction of sp³-hybridized carbons (Fsp3) is 0.714. The summed E-state index contributed by atoms with van der Waals surface area (Å²) in [7, 11) is 0. The summed E-state index contributed by atoms with van der Waals surface area (Å²) < 4.78 is 0. The van der Waals surface area contributed by atoms with E-state index in [1.807, 2.05) is 6.20 Å². The summed E-state index contributed by atoms with van der Waals surface area (Å²) >= 11 is 0. The van der Waals surface area contributed by atoms with Crippen molar-refractivity contribution in [1.29, 1.82) is 0 Å². The summed E-state index contributed by atoms with van der Waals surface area (Å²) in [6.07, 6.45) is 7.97. The average Bonchev–Trinajstić information content (AvgIpc) is 3.08. The Morgan fingerprint density at radius 2 is 2.35 bits per heavy atom. The van der Waals surface area contributed by atoms with Crippen LogP contribution in [0.4, 0.5) is 0 Å². The number of amides is 1. The van der Waals surface area contributed by atoms with Gasteiger partial charge in [-0.2, -0.15) is 5.10 Å². The predicted octanol–water partition coefficient (Wildman–Crippen LogP) is 1.71. The van der Waals surface area contributed by atoms with E-state index in [9.17, 15) is 4.79 Å². The second-order valence-corrected chi connectivity index (χ2v) is 5.72. The molecule has 1 aliphatic heterocycles. The van der Waals surface area contributed by atoms with Crippen LogP contribution >= 0.6 is 12.4 Å². The molecule has 0 radical (unpaired) electrons. The quantitative estimate of drug-likeness (QED) is 0.792. The maximum Gasteiger partial charge on any atom is 0.220 e. The van der Waals surface area contributed by atoms with Crippen LogP contribution in [0.15, 0.2) is 6.20 Å². The SMILES string of the molecule is Cl.O=C(CCC1CCNC1)NC1CCCc2cn[nH]c21. The zero-order chi connectivity index (χ0) is 13.1. The zero-order valence-corrected chi connectivity index (χ0v) is 12.5. The molecule has 1 saturated heterocycles. The summed E-state index contributed by atoms with van der Waals surface area (Å²) in [5.41, 5.74) is 2.37. The molecule has 2 unspecified atom stereocenters. The Hall–Kier alpha value is -1.07. The summed E-state index contributed by atoms with van der Waals surface area (Å²) in [5, 5.41) is 13.6. The number of carbonyl (C=O) groups excluding carboxylic acids is 1. The molecule has 1 aromatic heterocycles. The van der Waals surface area contributed by atoms with Crippen molar-refractivity contribution in [3.05, 3.63) is 17.5 Å². The van der Waals surface area contributed by atoms with Gasteiger partial charge in [0.05, 0.1) is 17.9 Å². The Morgan fingerprint density at radius 3 is 3.15 bits per heavy atom. The molecule has 1 amide bonds. The topological polar surface area (TPSA) is 69.8 Å². The predicted molar refractivity (Wildman–Crippen MR) is 79.9 cm³/mol. The van der Waals surface area contributed by atoms with E-state index in [1.165, 1.54) is 12.0 Å². The van der Waals surface area contributed by atoms with Crippen molar-refractivity contribution < 1.29 is 4.79 Å². The van der Waals surface area contributed by atoms with Crippen LogP contribution in [0.25, 0.3) is 0 Å². The molecule has 3 N–H and O–H groups in total. The molecule has 5 nitrogen and oxygen atoms in total. The maximum absolute atomic E-state index is 12.0. The molecule has 2 heterocycles. The molecule has 0 spiro atoms. The van der Waals surface area contributed by atoms with E-state index in [0.717, 1.165) is 44.5 Å². The minimum absolute atomic E-state index is 0. The molecule has 2 aliphatic rings. The van der Waals surface area contributed by atoms with Gasteiger partial charge >= 0.3 is 0 Å². The van der Waals surface area contributed by atoms with Gasteiger partial charge in [0, 0.05) is 6.42 Å². The summed E-state index contributed by atoms with van der Waals surface area (Å²) in [5.74, 6) is 0.860. The van der Waals surface area contributed by atoms with Gasteiger partial charge in [0.25, 0.3) is 0 Å². The first-order valence-electron chi connectivity index (χ1n) is 7.35. The van der Waals surface area contributed by atoms with Crippen LogP contribution in [-0.2, 0) is 11.2 Å². The van der Waals surface area contributed by atoms with E-state index in [2.05, 4.69) is 20.8 Å². The Labute approximate surface area is 125 Å². The summed E-state index contributed by atoms with van der Waals surface area (Å²) in [6.45, 7) is 2.17. The maximum atomic E-state index is 12.0. The largest absolute Gasteiger partial charge is 0.348 e. The van der Waals surface area contributed by atoms with Gasteiger partial charge in [-0.25, -0.2) is 0 Å². The lowest BCUT2D eigenvalue weighted by Crippen LogP contribution is -2.31. The standard InChI is InChI=1S/C14H22N4O.ClH/c19-13(5-4-10-6-7-15-8-10)17-12-3-1-2-11-9-16-18-14(11)12;/h9-10,12,15H,1-8H2,(H,16,18)(H,17,19);1H. The van der Waals surface area contributed by atoms with Crippen LogP contribution in [0, 0.1) is 5.92 Å². The molecule has 1 fully saturated rings. The lowest BCUT2D eigenvalue weighted by molar-refractivity contribution is -0.122. The zero-order valence-electron chi connectivity index (χ0n) is 11.7. The fourth-order valence-corrected chi connectivity index (χ4v) is 3.17. The number of rotatable bonds is 4. The molecule has 2 atom stereocenters. The van der Waals surface area contributed by atoms with E-state index < -0.39 is 0 Å². The third kappa shape index (κ3) is 3.52. The van der Waals surface area contributed by atoms with E-state index in [-0.39, 0.29) is 24.4 Å².